The number of rotatable bonds is 5. The van der Waals surface area contributed by atoms with Gasteiger partial charge in [0.1, 0.15) is 6.04 Å². The zero-order valence-electron chi connectivity index (χ0n) is 10.1. The topological polar surface area (TPSA) is 88.3 Å². The lowest BCUT2D eigenvalue weighted by Crippen LogP contribution is -2.33. The number of carboxylic acids is 1. The van der Waals surface area contributed by atoms with Gasteiger partial charge in [0, 0.05) is 0 Å². The molecule has 7 heteroatoms. The fourth-order valence-corrected chi connectivity index (χ4v) is 1.62. The minimum atomic E-state index is -0.935. The number of hydrogen-bond donors (Lipinski definition) is 2. The molecule has 0 fully saturated rings. The second-order valence-electron chi connectivity index (χ2n) is 3.94. The van der Waals surface area contributed by atoms with Crippen molar-refractivity contribution in [2.75, 3.05) is 0 Å². The number of nitrogens with one attached hydrogen (secondary N) is 1. The SMILES string of the molecule is C[C@@H](NCc1noc(-c2ccccc2Cl)n1)C(=O)O. The molecule has 0 aliphatic rings. The van der Waals surface area contributed by atoms with Crippen molar-refractivity contribution in [1.82, 2.24) is 15.5 Å². The minimum Gasteiger partial charge on any atom is -0.480 e. The highest BCUT2D eigenvalue weighted by Crippen LogP contribution is 2.25. The van der Waals surface area contributed by atoms with Crippen LogP contribution in [0.25, 0.3) is 11.5 Å². The van der Waals surface area contributed by atoms with Crippen LogP contribution in [0.3, 0.4) is 0 Å². The van der Waals surface area contributed by atoms with Gasteiger partial charge in [-0.3, -0.25) is 10.1 Å². The Morgan fingerprint density at radius 3 is 2.95 bits per heavy atom. The van der Waals surface area contributed by atoms with Crippen molar-refractivity contribution < 1.29 is 14.4 Å². The molecule has 0 unspecified atom stereocenters. The third-order valence-electron chi connectivity index (χ3n) is 2.51. The third-order valence-corrected chi connectivity index (χ3v) is 2.84. The zero-order valence-corrected chi connectivity index (χ0v) is 10.9. The van der Waals surface area contributed by atoms with Gasteiger partial charge < -0.3 is 9.63 Å². The standard InChI is InChI=1S/C12H12ClN3O3/c1-7(12(17)18)14-6-10-15-11(19-16-10)8-4-2-3-5-9(8)13/h2-5,7,14H,6H2,1H3,(H,17,18)/t7-/m1/s1. The third kappa shape index (κ3) is 3.30. The average Bonchev–Trinajstić information content (AvgIpc) is 2.85. The van der Waals surface area contributed by atoms with Gasteiger partial charge in [-0.2, -0.15) is 4.98 Å². The first-order chi connectivity index (χ1) is 9.08. The lowest BCUT2D eigenvalue weighted by atomic mass is 10.2. The smallest absolute Gasteiger partial charge is 0.320 e. The molecule has 2 rings (SSSR count). The Morgan fingerprint density at radius 1 is 1.53 bits per heavy atom. The lowest BCUT2D eigenvalue weighted by Gasteiger charge is -2.05. The molecule has 100 valence electrons. The number of aromatic nitrogens is 2. The van der Waals surface area contributed by atoms with Gasteiger partial charge in [0.25, 0.3) is 5.89 Å². The molecule has 2 aromatic rings. The Bertz CT molecular complexity index is 585. The van der Waals surface area contributed by atoms with E-state index in [1.807, 2.05) is 6.07 Å². The molecule has 19 heavy (non-hydrogen) atoms. The summed E-state index contributed by atoms with van der Waals surface area (Å²) < 4.78 is 5.09. The first-order valence-electron chi connectivity index (χ1n) is 5.61. The minimum absolute atomic E-state index is 0.210. The van der Waals surface area contributed by atoms with Crippen LogP contribution in [-0.2, 0) is 11.3 Å². The molecule has 1 heterocycles. The molecule has 0 aliphatic carbocycles. The van der Waals surface area contributed by atoms with Gasteiger partial charge in [0.2, 0.25) is 0 Å². The van der Waals surface area contributed by atoms with Crippen molar-refractivity contribution >= 4 is 17.6 Å². The first-order valence-corrected chi connectivity index (χ1v) is 5.99. The molecule has 0 saturated carbocycles. The fraction of sp³-hybridized carbons (Fsp3) is 0.250. The van der Waals surface area contributed by atoms with Gasteiger partial charge in [0.05, 0.1) is 17.1 Å². The van der Waals surface area contributed by atoms with Gasteiger partial charge in [0.15, 0.2) is 5.82 Å². The number of aliphatic carboxylic acids is 1. The van der Waals surface area contributed by atoms with E-state index in [9.17, 15) is 4.79 Å². The summed E-state index contributed by atoms with van der Waals surface area (Å²) in [5.74, 6) is -0.247. The molecule has 0 aliphatic heterocycles. The van der Waals surface area contributed by atoms with Crippen molar-refractivity contribution in [2.24, 2.45) is 0 Å². The summed E-state index contributed by atoms with van der Waals surface area (Å²) in [5, 5.41) is 15.8. The van der Waals surface area contributed by atoms with E-state index in [1.165, 1.54) is 6.92 Å². The highest BCUT2D eigenvalue weighted by Gasteiger charge is 2.14. The van der Waals surface area contributed by atoms with E-state index in [0.717, 1.165) is 0 Å². The summed E-state index contributed by atoms with van der Waals surface area (Å²) in [4.78, 5) is 14.8. The predicted molar refractivity (Wildman–Crippen MR) is 68.7 cm³/mol. The molecule has 1 aromatic heterocycles. The van der Waals surface area contributed by atoms with Crippen LogP contribution in [0.1, 0.15) is 12.7 Å². The van der Waals surface area contributed by atoms with Gasteiger partial charge in [-0.15, -0.1) is 0 Å². The van der Waals surface area contributed by atoms with E-state index in [1.54, 1.807) is 18.2 Å². The van der Waals surface area contributed by atoms with Gasteiger partial charge >= 0.3 is 5.97 Å². The summed E-state index contributed by atoms with van der Waals surface area (Å²) >= 11 is 6.02. The number of nitrogens with zero attached hydrogens (tertiary/aromatic N) is 2. The van der Waals surface area contributed by atoms with Crippen LogP contribution < -0.4 is 5.32 Å². The Balaban J connectivity index is 2.08. The van der Waals surface area contributed by atoms with Crippen LogP contribution in [0, 0.1) is 0 Å². The molecule has 1 atom stereocenters. The monoisotopic (exact) mass is 281 g/mol. The summed E-state index contributed by atoms with van der Waals surface area (Å²) in [6.45, 7) is 1.75. The van der Waals surface area contributed by atoms with Crippen LogP contribution in [0.2, 0.25) is 5.02 Å². The van der Waals surface area contributed by atoms with Crippen LogP contribution in [-0.4, -0.2) is 27.3 Å². The number of hydrogen-bond acceptors (Lipinski definition) is 5. The van der Waals surface area contributed by atoms with E-state index >= 15 is 0 Å². The lowest BCUT2D eigenvalue weighted by molar-refractivity contribution is -0.139. The molecule has 0 amide bonds. The van der Waals surface area contributed by atoms with E-state index in [0.29, 0.717) is 22.3 Å². The Kier molecular flexibility index (Phi) is 4.13. The highest BCUT2D eigenvalue weighted by atomic mass is 35.5. The molecule has 0 saturated heterocycles. The van der Waals surface area contributed by atoms with Crippen LogP contribution in [0.4, 0.5) is 0 Å². The molecular formula is C12H12ClN3O3. The summed E-state index contributed by atoms with van der Waals surface area (Å²) in [7, 11) is 0. The number of carboxylic acid groups (broad SMARTS) is 1. The van der Waals surface area contributed by atoms with E-state index in [-0.39, 0.29) is 6.54 Å². The summed E-state index contributed by atoms with van der Waals surface area (Å²) in [5.41, 5.74) is 0.647. The first kappa shape index (κ1) is 13.5. The average molecular weight is 282 g/mol. The zero-order chi connectivity index (χ0) is 13.8. The summed E-state index contributed by atoms with van der Waals surface area (Å²) in [6, 6.07) is 6.44. The van der Waals surface area contributed by atoms with Gasteiger partial charge in [-0.1, -0.05) is 28.9 Å². The largest absolute Gasteiger partial charge is 0.480 e. The van der Waals surface area contributed by atoms with Crippen LogP contribution in [0.5, 0.6) is 0 Å². The van der Waals surface area contributed by atoms with Crippen molar-refractivity contribution in [3.63, 3.8) is 0 Å². The maximum atomic E-state index is 10.6. The van der Waals surface area contributed by atoms with Crippen molar-refractivity contribution in [3.05, 3.63) is 35.1 Å². The Morgan fingerprint density at radius 2 is 2.26 bits per heavy atom. The van der Waals surface area contributed by atoms with Crippen LogP contribution in [0.15, 0.2) is 28.8 Å². The van der Waals surface area contributed by atoms with Gasteiger partial charge in [-0.05, 0) is 19.1 Å². The maximum absolute atomic E-state index is 10.6. The molecule has 2 N–H and O–H groups in total. The maximum Gasteiger partial charge on any atom is 0.320 e. The molecule has 0 bridgehead atoms. The molecule has 6 nitrogen and oxygen atoms in total. The van der Waals surface area contributed by atoms with Crippen molar-refractivity contribution in [2.45, 2.75) is 19.5 Å². The predicted octanol–water partition coefficient (Wildman–Crippen LogP) is 1.95. The van der Waals surface area contributed by atoms with E-state index in [4.69, 9.17) is 21.2 Å². The van der Waals surface area contributed by atoms with E-state index in [2.05, 4.69) is 15.5 Å². The highest BCUT2D eigenvalue weighted by molar-refractivity contribution is 6.33. The van der Waals surface area contributed by atoms with E-state index < -0.39 is 12.0 Å². The number of halogens is 1. The Labute approximate surface area is 114 Å². The number of benzene rings is 1. The fourth-order valence-electron chi connectivity index (χ4n) is 1.40. The van der Waals surface area contributed by atoms with Gasteiger partial charge in [-0.25, -0.2) is 0 Å². The molecular weight excluding hydrogens is 270 g/mol. The van der Waals surface area contributed by atoms with Crippen molar-refractivity contribution in [1.29, 1.82) is 0 Å². The molecule has 0 spiro atoms. The normalized spacial score (nSPS) is 12.3. The number of carbonyl (C=O) groups is 1. The quantitative estimate of drug-likeness (QED) is 0.871. The molecule has 1 aromatic carbocycles. The second-order valence-corrected chi connectivity index (χ2v) is 4.34. The van der Waals surface area contributed by atoms with Crippen LogP contribution >= 0.6 is 11.6 Å². The Hall–Kier alpha value is -1.92. The molecule has 0 radical (unpaired) electrons. The second kappa shape index (κ2) is 5.81. The van der Waals surface area contributed by atoms with Crippen molar-refractivity contribution in [3.8, 4) is 11.5 Å². The summed E-state index contributed by atoms with van der Waals surface area (Å²) in [6.07, 6.45) is 0.